The minimum absolute atomic E-state index is 0.156. The highest BCUT2D eigenvalue weighted by Gasteiger charge is 2.37. The summed E-state index contributed by atoms with van der Waals surface area (Å²) in [6.45, 7) is 5.87. The molecule has 1 aliphatic heterocycles. The predicted molar refractivity (Wildman–Crippen MR) is 135 cm³/mol. The number of carbonyl (C=O) groups excluding carboxylic acids is 2. The number of ketones is 1. The van der Waals surface area contributed by atoms with Crippen LogP contribution in [-0.2, 0) is 14.3 Å². The Balaban J connectivity index is 1.44. The Kier molecular flexibility index (Phi) is 7.96. The first-order chi connectivity index (χ1) is 16.5. The van der Waals surface area contributed by atoms with Crippen molar-refractivity contribution in [2.75, 3.05) is 25.0 Å². The van der Waals surface area contributed by atoms with Crippen LogP contribution in [0.25, 0.3) is 0 Å². The number of nitrogens with zero attached hydrogens (tertiary/aromatic N) is 1. The average molecular weight is 459 g/mol. The number of nitrogens with one attached hydrogen (secondary N) is 1. The van der Waals surface area contributed by atoms with Crippen LogP contribution < -0.4 is 5.32 Å². The molecule has 34 heavy (non-hydrogen) atoms. The van der Waals surface area contributed by atoms with Gasteiger partial charge >= 0.3 is 5.97 Å². The second-order valence-electron chi connectivity index (χ2n) is 9.25. The summed E-state index contributed by atoms with van der Waals surface area (Å²) >= 11 is 0. The van der Waals surface area contributed by atoms with Gasteiger partial charge in [-0.3, -0.25) is 9.69 Å². The monoisotopic (exact) mass is 458 g/mol. The van der Waals surface area contributed by atoms with Crippen molar-refractivity contribution in [3.63, 3.8) is 0 Å². The van der Waals surface area contributed by atoms with E-state index in [0.717, 1.165) is 42.6 Å². The number of hydrogen-bond donors (Lipinski definition) is 1. The third-order valence-electron chi connectivity index (χ3n) is 6.80. The minimum Gasteiger partial charge on any atom is -0.459 e. The zero-order valence-corrected chi connectivity index (χ0v) is 20.1. The van der Waals surface area contributed by atoms with E-state index in [2.05, 4.69) is 23.2 Å². The quantitative estimate of drug-likeness (QED) is 0.515. The molecule has 5 heteroatoms. The fraction of sp³-hybridized carbons (Fsp3) is 0.379. The Morgan fingerprint density at radius 3 is 2.44 bits per heavy atom. The third kappa shape index (κ3) is 5.84. The summed E-state index contributed by atoms with van der Waals surface area (Å²) in [6, 6.07) is 18.8. The van der Waals surface area contributed by atoms with Gasteiger partial charge in [0.1, 0.15) is 6.10 Å². The van der Waals surface area contributed by atoms with Gasteiger partial charge in [0.15, 0.2) is 11.8 Å². The number of hydrogen-bond acceptors (Lipinski definition) is 5. The molecule has 0 saturated carbocycles. The Hall–Kier alpha value is -3.18. The third-order valence-corrected chi connectivity index (χ3v) is 6.80. The summed E-state index contributed by atoms with van der Waals surface area (Å²) < 4.78 is 6.10. The van der Waals surface area contributed by atoms with Crippen molar-refractivity contribution in [1.82, 2.24) is 4.90 Å². The number of anilines is 1. The van der Waals surface area contributed by atoms with Crippen molar-refractivity contribution in [3.8, 4) is 0 Å². The van der Waals surface area contributed by atoms with Crippen molar-refractivity contribution in [1.29, 1.82) is 0 Å². The van der Waals surface area contributed by atoms with Gasteiger partial charge in [0.2, 0.25) is 0 Å². The fourth-order valence-electron chi connectivity index (χ4n) is 4.82. The molecule has 1 unspecified atom stereocenters. The first kappa shape index (κ1) is 24.0. The highest BCUT2D eigenvalue weighted by atomic mass is 16.5. The van der Waals surface area contributed by atoms with E-state index >= 15 is 0 Å². The number of benzene rings is 2. The largest absolute Gasteiger partial charge is 0.459 e. The maximum absolute atomic E-state index is 13.4. The smallest absolute Gasteiger partial charge is 0.333 e. The van der Waals surface area contributed by atoms with E-state index in [1.807, 2.05) is 73.7 Å². The van der Waals surface area contributed by atoms with Crippen LogP contribution in [0, 0.1) is 5.92 Å². The van der Waals surface area contributed by atoms with Gasteiger partial charge in [-0.2, -0.15) is 0 Å². The van der Waals surface area contributed by atoms with Crippen molar-refractivity contribution >= 4 is 17.4 Å². The molecule has 0 radical (unpaired) electrons. The number of Topliss-reactive ketones (excluding diaryl/α,β-unsaturated/α-hetero) is 1. The SMILES string of the molecule is CCC1CN(CC(=O)C2=C(C)CCC=C2)C[C@@H]1OC(=O)[C@H](Nc1ccccc1)c1ccccc1. The van der Waals surface area contributed by atoms with Crippen LogP contribution in [0.3, 0.4) is 0 Å². The molecule has 2 aromatic rings. The van der Waals surface area contributed by atoms with Crippen LogP contribution in [0.1, 0.15) is 44.7 Å². The zero-order chi connectivity index (χ0) is 23.9. The normalized spacial score (nSPS) is 21.4. The van der Waals surface area contributed by atoms with Gasteiger partial charge in [-0.1, -0.05) is 73.2 Å². The molecule has 1 N–H and O–H groups in total. The molecule has 5 nitrogen and oxygen atoms in total. The van der Waals surface area contributed by atoms with Gasteiger partial charge in [0.25, 0.3) is 0 Å². The number of allylic oxidation sites excluding steroid dienone is 3. The predicted octanol–water partition coefficient (Wildman–Crippen LogP) is 5.33. The van der Waals surface area contributed by atoms with E-state index in [9.17, 15) is 9.59 Å². The van der Waals surface area contributed by atoms with E-state index in [4.69, 9.17) is 4.74 Å². The first-order valence-corrected chi connectivity index (χ1v) is 12.2. The number of rotatable bonds is 9. The lowest BCUT2D eigenvalue weighted by atomic mass is 9.96. The van der Waals surface area contributed by atoms with Gasteiger partial charge in [-0.15, -0.1) is 0 Å². The summed E-state index contributed by atoms with van der Waals surface area (Å²) in [7, 11) is 0. The highest BCUT2D eigenvalue weighted by molar-refractivity contribution is 6.00. The standard InChI is InChI=1S/C29H34N2O3/c1-3-22-18-31(19-26(32)25-17-11-10-12-21(25)2)20-27(22)34-29(33)28(23-13-6-4-7-14-23)30-24-15-8-5-9-16-24/h4-9,11,13-17,22,27-28,30H,3,10,12,18-20H2,1-2H3/t22?,27-,28+/m0/s1. The Labute approximate surface area is 202 Å². The summed E-state index contributed by atoms with van der Waals surface area (Å²) in [4.78, 5) is 28.5. The topological polar surface area (TPSA) is 58.6 Å². The molecule has 3 atom stereocenters. The second-order valence-corrected chi connectivity index (χ2v) is 9.25. The average Bonchev–Trinajstić information content (AvgIpc) is 3.24. The van der Waals surface area contributed by atoms with Crippen LogP contribution in [0.5, 0.6) is 0 Å². The fourth-order valence-corrected chi connectivity index (χ4v) is 4.82. The van der Waals surface area contributed by atoms with Crippen molar-refractivity contribution in [2.24, 2.45) is 5.92 Å². The Morgan fingerprint density at radius 1 is 1.06 bits per heavy atom. The molecular formula is C29H34N2O3. The van der Waals surface area contributed by atoms with E-state index in [1.54, 1.807) is 0 Å². The molecule has 0 spiro atoms. The Bertz CT molecular complexity index is 1050. The van der Waals surface area contributed by atoms with Crippen LogP contribution in [-0.4, -0.2) is 42.4 Å². The Morgan fingerprint density at radius 2 is 1.76 bits per heavy atom. The van der Waals surface area contributed by atoms with Gasteiger partial charge in [0.05, 0.1) is 6.54 Å². The maximum atomic E-state index is 13.4. The number of carbonyl (C=O) groups is 2. The summed E-state index contributed by atoms with van der Waals surface area (Å²) in [5, 5.41) is 3.34. The lowest BCUT2D eigenvalue weighted by molar-refractivity contribution is -0.151. The molecule has 0 aromatic heterocycles. The van der Waals surface area contributed by atoms with Gasteiger partial charge in [-0.25, -0.2) is 4.79 Å². The zero-order valence-electron chi connectivity index (χ0n) is 20.1. The number of ether oxygens (including phenoxy) is 1. The van der Waals surface area contributed by atoms with Crippen molar-refractivity contribution in [3.05, 3.63) is 89.5 Å². The molecule has 0 bridgehead atoms. The van der Waals surface area contributed by atoms with E-state index in [0.29, 0.717) is 13.1 Å². The van der Waals surface area contributed by atoms with E-state index < -0.39 is 6.04 Å². The summed E-state index contributed by atoms with van der Waals surface area (Å²) in [6.07, 6.45) is 6.66. The number of likely N-dealkylation sites (tertiary alicyclic amines) is 1. The van der Waals surface area contributed by atoms with Crippen molar-refractivity contribution in [2.45, 2.75) is 45.3 Å². The van der Waals surface area contributed by atoms with E-state index in [-0.39, 0.29) is 23.8 Å². The van der Waals surface area contributed by atoms with Gasteiger partial charge < -0.3 is 10.1 Å². The molecule has 1 aliphatic carbocycles. The number of para-hydroxylation sites is 1. The van der Waals surface area contributed by atoms with Crippen LogP contribution in [0.2, 0.25) is 0 Å². The van der Waals surface area contributed by atoms with Crippen LogP contribution in [0.15, 0.2) is 84.0 Å². The lowest BCUT2D eigenvalue weighted by Gasteiger charge is -2.24. The molecule has 2 aliphatic rings. The maximum Gasteiger partial charge on any atom is 0.333 e. The van der Waals surface area contributed by atoms with Crippen LogP contribution >= 0.6 is 0 Å². The van der Waals surface area contributed by atoms with Gasteiger partial charge in [-0.05, 0) is 43.9 Å². The molecule has 1 fully saturated rings. The summed E-state index contributed by atoms with van der Waals surface area (Å²) in [5.74, 6) is 0.0745. The molecule has 1 heterocycles. The molecule has 178 valence electrons. The van der Waals surface area contributed by atoms with Crippen LogP contribution in [0.4, 0.5) is 5.69 Å². The molecular weight excluding hydrogens is 424 g/mol. The van der Waals surface area contributed by atoms with E-state index in [1.165, 1.54) is 5.57 Å². The lowest BCUT2D eigenvalue weighted by Crippen LogP contribution is -2.33. The highest BCUT2D eigenvalue weighted by Crippen LogP contribution is 2.28. The molecule has 2 aromatic carbocycles. The summed E-state index contributed by atoms with van der Waals surface area (Å²) in [5.41, 5.74) is 3.74. The minimum atomic E-state index is -0.600. The number of esters is 1. The first-order valence-electron chi connectivity index (χ1n) is 12.2. The second kappa shape index (κ2) is 11.3. The molecule has 4 rings (SSSR count). The molecule has 0 amide bonds. The molecule has 1 saturated heterocycles. The van der Waals surface area contributed by atoms with Crippen molar-refractivity contribution < 1.29 is 14.3 Å². The van der Waals surface area contributed by atoms with Gasteiger partial charge in [0, 0.05) is 30.3 Å².